The van der Waals surface area contributed by atoms with Crippen molar-refractivity contribution in [1.29, 1.82) is 0 Å². The minimum Gasteiger partial charge on any atom is -0.368 e. The van der Waals surface area contributed by atoms with Crippen molar-refractivity contribution in [3.63, 3.8) is 0 Å². The molecule has 0 aromatic heterocycles. The Morgan fingerprint density at radius 1 is 1.17 bits per heavy atom. The number of benzene rings is 1. The predicted octanol–water partition coefficient (Wildman–Crippen LogP) is 3.35. The Balaban J connectivity index is 1.64. The molecule has 8 heteroatoms. The smallest absolute Gasteiger partial charge is 0.368 e. The molecule has 1 aliphatic carbocycles. The Bertz CT molecular complexity index is 596. The number of amides is 2. The van der Waals surface area contributed by atoms with Gasteiger partial charge in [-0.1, -0.05) is 11.6 Å². The van der Waals surface area contributed by atoms with Gasteiger partial charge in [-0.2, -0.15) is 13.2 Å². The maximum atomic E-state index is 12.9. The summed E-state index contributed by atoms with van der Waals surface area (Å²) in [6.45, 7) is 1.97. The maximum Gasteiger partial charge on any atom is 0.417 e. The SMILES string of the molecule is O=C(NC1CC1)N1CCN(c2ccc(Cl)c(C(F)(F)F)c2)CC1. The molecule has 126 valence electrons. The van der Waals surface area contributed by atoms with E-state index >= 15 is 0 Å². The van der Waals surface area contributed by atoms with Crippen molar-refractivity contribution in [2.75, 3.05) is 31.1 Å². The van der Waals surface area contributed by atoms with E-state index in [0.717, 1.165) is 18.9 Å². The highest BCUT2D eigenvalue weighted by Crippen LogP contribution is 2.37. The molecular weight excluding hydrogens is 331 g/mol. The first-order valence-electron chi connectivity index (χ1n) is 7.52. The number of carbonyl (C=O) groups excluding carboxylic acids is 1. The van der Waals surface area contributed by atoms with Crippen molar-refractivity contribution >= 4 is 23.3 Å². The lowest BCUT2D eigenvalue weighted by atomic mass is 10.1. The summed E-state index contributed by atoms with van der Waals surface area (Å²) in [6, 6.07) is 4.14. The topological polar surface area (TPSA) is 35.6 Å². The van der Waals surface area contributed by atoms with E-state index in [-0.39, 0.29) is 11.1 Å². The molecule has 1 saturated heterocycles. The molecular formula is C15H17ClF3N3O. The van der Waals surface area contributed by atoms with E-state index in [1.807, 2.05) is 4.90 Å². The fourth-order valence-corrected chi connectivity index (χ4v) is 2.81. The Hall–Kier alpha value is -1.63. The molecule has 0 unspecified atom stereocenters. The Morgan fingerprint density at radius 3 is 2.39 bits per heavy atom. The number of carbonyl (C=O) groups is 1. The standard InChI is InChI=1S/C15H17ClF3N3O/c16-13-4-3-11(9-12(13)15(17,18)19)21-5-7-22(8-6-21)14(23)20-10-1-2-10/h3-4,9-10H,1-2,5-8H2,(H,20,23). The van der Waals surface area contributed by atoms with Gasteiger partial charge in [-0.15, -0.1) is 0 Å². The van der Waals surface area contributed by atoms with E-state index in [1.165, 1.54) is 6.07 Å². The predicted molar refractivity (Wildman–Crippen MR) is 81.8 cm³/mol. The summed E-state index contributed by atoms with van der Waals surface area (Å²) >= 11 is 5.64. The molecule has 3 rings (SSSR count). The highest BCUT2D eigenvalue weighted by molar-refractivity contribution is 6.31. The molecule has 0 atom stereocenters. The van der Waals surface area contributed by atoms with Gasteiger partial charge in [0.25, 0.3) is 0 Å². The molecule has 1 saturated carbocycles. The van der Waals surface area contributed by atoms with Gasteiger partial charge >= 0.3 is 12.2 Å². The Morgan fingerprint density at radius 2 is 1.83 bits per heavy atom. The monoisotopic (exact) mass is 347 g/mol. The zero-order valence-corrected chi connectivity index (χ0v) is 13.1. The third-order valence-corrected chi connectivity index (χ3v) is 4.42. The molecule has 0 spiro atoms. The van der Waals surface area contributed by atoms with Crippen LogP contribution in [-0.2, 0) is 6.18 Å². The molecule has 23 heavy (non-hydrogen) atoms. The van der Waals surface area contributed by atoms with Crippen LogP contribution in [0.15, 0.2) is 18.2 Å². The van der Waals surface area contributed by atoms with Crippen molar-refractivity contribution in [3.05, 3.63) is 28.8 Å². The van der Waals surface area contributed by atoms with Gasteiger partial charge in [-0.05, 0) is 31.0 Å². The van der Waals surface area contributed by atoms with Gasteiger partial charge in [-0.25, -0.2) is 4.79 Å². The zero-order valence-electron chi connectivity index (χ0n) is 12.4. The van der Waals surface area contributed by atoms with Crippen LogP contribution >= 0.6 is 11.6 Å². The lowest BCUT2D eigenvalue weighted by Crippen LogP contribution is -2.52. The number of rotatable bonds is 2. The molecule has 0 bridgehead atoms. The average molecular weight is 348 g/mol. The lowest BCUT2D eigenvalue weighted by Gasteiger charge is -2.36. The summed E-state index contributed by atoms with van der Waals surface area (Å²) in [7, 11) is 0. The third-order valence-electron chi connectivity index (χ3n) is 4.09. The van der Waals surface area contributed by atoms with Crippen LogP contribution in [0.4, 0.5) is 23.7 Å². The van der Waals surface area contributed by atoms with E-state index in [2.05, 4.69) is 5.32 Å². The highest BCUT2D eigenvalue weighted by atomic mass is 35.5. The van der Waals surface area contributed by atoms with Crippen molar-refractivity contribution in [3.8, 4) is 0 Å². The molecule has 1 aromatic carbocycles. The molecule has 2 aliphatic rings. The summed E-state index contributed by atoms with van der Waals surface area (Å²) in [5.74, 6) is 0. The first-order chi connectivity index (χ1) is 10.8. The molecule has 1 heterocycles. The first kappa shape index (κ1) is 16.2. The molecule has 1 aliphatic heterocycles. The second kappa shape index (κ2) is 6.11. The van der Waals surface area contributed by atoms with E-state index in [4.69, 9.17) is 11.6 Å². The summed E-state index contributed by atoms with van der Waals surface area (Å²) in [6.07, 6.45) is -2.42. The molecule has 0 radical (unpaired) electrons. The van der Waals surface area contributed by atoms with E-state index in [1.54, 1.807) is 11.0 Å². The quantitative estimate of drug-likeness (QED) is 0.890. The molecule has 1 aromatic rings. The Kier molecular flexibility index (Phi) is 4.31. The summed E-state index contributed by atoms with van der Waals surface area (Å²) in [5.41, 5.74) is -0.352. The zero-order chi connectivity index (χ0) is 16.6. The lowest BCUT2D eigenvalue weighted by molar-refractivity contribution is -0.137. The third kappa shape index (κ3) is 3.83. The number of urea groups is 1. The van der Waals surface area contributed by atoms with Gasteiger partial charge in [0.05, 0.1) is 10.6 Å². The van der Waals surface area contributed by atoms with Crippen LogP contribution in [0.5, 0.6) is 0 Å². The van der Waals surface area contributed by atoms with Gasteiger partial charge in [-0.3, -0.25) is 0 Å². The summed E-state index contributed by atoms with van der Waals surface area (Å²) in [5, 5.41) is 2.61. The van der Waals surface area contributed by atoms with Crippen molar-refractivity contribution in [2.24, 2.45) is 0 Å². The van der Waals surface area contributed by atoms with Gasteiger partial charge < -0.3 is 15.1 Å². The number of piperazine rings is 1. The van der Waals surface area contributed by atoms with Gasteiger partial charge in [0.2, 0.25) is 0 Å². The normalized spacial score (nSPS) is 19.0. The maximum absolute atomic E-state index is 12.9. The molecule has 2 amide bonds. The fraction of sp³-hybridized carbons (Fsp3) is 0.533. The van der Waals surface area contributed by atoms with Crippen LogP contribution in [0.1, 0.15) is 18.4 Å². The fourth-order valence-electron chi connectivity index (χ4n) is 2.59. The molecule has 1 N–H and O–H groups in total. The van der Waals surface area contributed by atoms with E-state index in [0.29, 0.717) is 37.9 Å². The first-order valence-corrected chi connectivity index (χ1v) is 7.89. The summed E-state index contributed by atoms with van der Waals surface area (Å²) < 4.78 is 38.8. The summed E-state index contributed by atoms with van der Waals surface area (Å²) in [4.78, 5) is 15.5. The number of alkyl halides is 3. The molecule has 2 fully saturated rings. The van der Waals surface area contributed by atoms with Crippen LogP contribution < -0.4 is 10.2 Å². The van der Waals surface area contributed by atoms with Crippen LogP contribution in [0.25, 0.3) is 0 Å². The van der Waals surface area contributed by atoms with Gasteiger partial charge in [0.15, 0.2) is 0 Å². The number of hydrogen-bond donors (Lipinski definition) is 1. The number of nitrogens with zero attached hydrogens (tertiary/aromatic N) is 2. The number of halogens is 4. The number of nitrogens with one attached hydrogen (secondary N) is 1. The highest BCUT2D eigenvalue weighted by Gasteiger charge is 2.34. The second-order valence-electron chi connectivity index (χ2n) is 5.86. The van der Waals surface area contributed by atoms with Crippen molar-refractivity contribution in [1.82, 2.24) is 10.2 Å². The van der Waals surface area contributed by atoms with E-state index < -0.39 is 11.7 Å². The van der Waals surface area contributed by atoms with Crippen LogP contribution in [0.2, 0.25) is 5.02 Å². The Labute approximate surface area is 137 Å². The largest absolute Gasteiger partial charge is 0.417 e. The average Bonchev–Trinajstić information content (AvgIpc) is 3.31. The minimum atomic E-state index is -4.47. The van der Waals surface area contributed by atoms with Gasteiger partial charge in [0, 0.05) is 37.9 Å². The van der Waals surface area contributed by atoms with Crippen molar-refractivity contribution in [2.45, 2.75) is 25.1 Å². The second-order valence-corrected chi connectivity index (χ2v) is 6.27. The number of hydrogen-bond acceptors (Lipinski definition) is 2. The van der Waals surface area contributed by atoms with Crippen molar-refractivity contribution < 1.29 is 18.0 Å². The van der Waals surface area contributed by atoms with E-state index in [9.17, 15) is 18.0 Å². The molecule has 4 nitrogen and oxygen atoms in total. The van der Waals surface area contributed by atoms with Crippen LogP contribution in [-0.4, -0.2) is 43.2 Å². The van der Waals surface area contributed by atoms with Gasteiger partial charge in [0.1, 0.15) is 0 Å². The number of anilines is 1. The van der Waals surface area contributed by atoms with Crippen LogP contribution in [0, 0.1) is 0 Å². The van der Waals surface area contributed by atoms with Crippen LogP contribution in [0.3, 0.4) is 0 Å². The minimum absolute atomic E-state index is 0.0840.